The second-order valence-electron chi connectivity index (χ2n) is 3.95. The first kappa shape index (κ1) is 11.9. The monoisotopic (exact) mass is 221 g/mol. The molecule has 84 valence electrons. The number of likely N-dealkylation sites (N-methyl/N-ethyl adjacent to an activating group) is 1. The Morgan fingerprint density at radius 1 is 1.57 bits per heavy atom. The van der Waals surface area contributed by atoms with Crippen LogP contribution in [0.2, 0.25) is 0 Å². The number of hydrogen-bond donors (Lipinski definition) is 1. The second-order valence-corrected chi connectivity index (χ2v) is 6.17. The van der Waals surface area contributed by atoms with Gasteiger partial charge < -0.3 is 10.1 Å². The van der Waals surface area contributed by atoms with Gasteiger partial charge in [-0.1, -0.05) is 0 Å². The van der Waals surface area contributed by atoms with Crippen LogP contribution in [0.3, 0.4) is 0 Å². The van der Waals surface area contributed by atoms with Crippen LogP contribution in [0.4, 0.5) is 0 Å². The van der Waals surface area contributed by atoms with Crippen molar-refractivity contribution in [2.24, 2.45) is 5.92 Å². The molecule has 4 nitrogen and oxygen atoms in total. The van der Waals surface area contributed by atoms with Gasteiger partial charge in [-0.3, -0.25) is 0 Å². The molecule has 1 saturated heterocycles. The molecule has 5 heteroatoms. The fourth-order valence-corrected chi connectivity index (χ4v) is 3.81. The van der Waals surface area contributed by atoms with E-state index in [1.807, 2.05) is 7.05 Å². The van der Waals surface area contributed by atoms with Crippen LogP contribution in [0, 0.1) is 5.92 Å². The Bertz CT molecular complexity index is 263. The molecule has 14 heavy (non-hydrogen) atoms. The molecule has 1 aliphatic heterocycles. The van der Waals surface area contributed by atoms with Crippen molar-refractivity contribution in [2.45, 2.75) is 18.9 Å². The van der Waals surface area contributed by atoms with E-state index in [4.69, 9.17) is 4.74 Å². The van der Waals surface area contributed by atoms with Gasteiger partial charge in [-0.05, 0) is 25.8 Å². The number of nitrogens with one attached hydrogen (secondary N) is 1. The lowest BCUT2D eigenvalue weighted by Gasteiger charge is -2.18. The van der Waals surface area contributed by atoms with Crippen LogP contribution in [0.1, 0.15) is 12.8 Å². The highest BCUT2D eigenvalue weighted by Gasteiger charge is 2.29. The van der Waals surface area contributed by atoms with E-state index in [0.717, 1.165) is 12.8 Å². The fraction of sp³-hybridized carbons (Fsp3) is 1.00. The highest BCUT2D eigenvalue weighted by Crippen LogP contribution is 2.22. The van der Waals surface area contributed by atoms with E-state index < -0.39 is 9.84 Å². The Balaban J connectivity index is 2.37. The Kier molecular flexibility index (Phi) is 4.34. The second kappa shape index (κ2) is 5.09. The number of hydrogen-bond acceptors (Lipinski definition) is 4. The summed E-state index contributed by atoms with van der Waals surface area (Å²) >= 11 is 0. The predicted octanol–water partition coefficient (Wildman–Crippen LogP) is 0.0456. The lowest BCUT2D eigenvalue weighted by molar-refractivity contribution is 0.159. The van der Waals surface area contributed by atoms with Gasteiger partial charge in [0.25, 0.3) is 0 Å². The van der Waals surface area contributed by atoms with Gasteiger partial charge in [0.15, 0.2) is 9.84 Å². The van der Waals surface area contributed by atoms with Crippen molar-refractivity contribution in [3.8, 4) is 0 Å². The number of ether oxygens (including phenoxy) is 1. The van der Waals surface area contributed by atoms with Crippen molar-refractivity contribution in [3.05, 3.63) is 0 Å². The van der Waals surface area contributed by atoms with Gasteiger partial charge in [-0.25, -0.2) is 8.42 Å². The summed E-state index contributed by atoms with van der Waals surface area (Å²) in [6, 6.07) is 0.276. The van der Waals surface area contributed by atoms with Crippen LogP contribution < -0.4 is 5.32 Å². The molecule has 0 aromatic rings. The molecule has 1 N–H and O–H groups in total. The lowest BCUT2D eigenvalue weighted by atomic mass is 10.00. The highest BCUT2D eigenvalue weighted by molar-refractivity contribution is 7.91. The van der Waals surface area contributed by atoms with Crippen LogP contribution in [0.15, 0.2) is 0 Å². The molecule has 0 amide bonds. The van der Waals surface area contributed by atoms with Gasteiger partial charge in [-0.2, -0.15) is 0 Å². The molecule has 0 radical (unpaired) electrons. The topological polar surface area (TPSA) is 55.4 Å². The molecule has 1 aliphatic rings. The molecule has 0 aliphatic carbocycles. The minimum Gasteiger partial charge on any atom is -0.383 e. The molecule has 1 rings (SSSR count). The SMILES string of the molecule is CNC(COC)CC1CCS(=O)(=O)C1. The Hall–Kier alpha value is -0.130. The van der Waals surface area contributed by atoms with E-state index in [1.54, 1.807) is 7.11 Å². The van der Waals surface area contributed by atoms with Crippen molar-refractivity contribution in [1.82, 2.24) is 5.32 Å². The van der Waals surface area contributed by atoms with Crippen LogP contribution in [-0.4, -0.2) is 46.7 Å². The summed E-state index contributed by atoms with van der Waals surface area (Å²) in [6.07, 6.45) is 1.70. The number of rotatable bonds is 5. The van der Waals surface area contributed by atoms with Crippen LogP contribution in [0.5, 0.6) is 0 Å². The Morgan fingerprint density at radius 3 is 2.71 bits per heavy atom. The first-order valence-corrected chi connectivity index (χ1v) is 6.76. The van der Waals surface area contributed by atoms with Gasteiger partial charge in [0.05, 0.1) is 18.1 Å². The summed E-state index contributed by atoms with van der Waals surface area (Å²) in [6.45, 7) is 0.646. The van der Waals surface area contributed by atoms with Crippen molar-refractivity contribution < 1.29 is 13.2 Å². The fourth-order valence-electron chi connectivity index (χ4n) is 1.93. The van der Waals surface area contributed by atoms with Crippen molar-refractivity contribution in [2.75, 3.05) is 32.3 Å². The summed E-state index contributed by atoms with van der Waals surface area (Å²) in [5.74, 6) is 1.03. The van der Waals surface area contributed by atoms with Crippen LogP contribution in [-0.2, 0) is 14.6 Å². The molecule has 0 bridgehead atoms. The molecule has 1 fully saturated rings. The lowest BCUT2D eigenvalue weighted by Crippen LogP contribution is -2.32. The largest absolute Gasteiger partial charge is 0.383 e. The molecule has 2 atom stereocenters. The minimum absolute atomic E-state index is 0.276. The zero-order valence-electron chi connectivity index (χ0n) is 8.82. The van der Waals surface area contributed by atoms with E-state index >= 15 is 0 Å². The van der Waals surface area contributed by atoms with Crippen molar-refractivity contribution >= 4 is 9.84 Å². The molecular weight excluding hydrogens is 202 g/mol. The van der Waals surface area contributed by atoms with E-state index in [2.05, 4.69) is 5.32 Å². The number of sulfone groups is 1. The summed E-state index contributed by atoms with van der Waals surface area (Å²) < 4.78 is 27.5. The molecule has 0 spiro atoms. The standard InChI is InChI=1S/C9H19NO3S/c1-10-9(6-13-2)5-8-3-4-14(11,12)7-8/h8-10H,3-7H2,1-2H3. The smallest absolute Gasteiger partial charge is 0.150 e. The summed E-state index contributed by atoms with van der Waals surface area (Å²) in [5, 5.41) is 3.14. The predicted molar refractivity (Wildman–Crippen MR) is 56.1 cm³/mol. The van der Waals surface area contributed by atoms with E-state index in [0.29, 0.717) is 24.0 Å². The highest BCUT2D eigenvalue weighted by atomic mass is 32.2. The van der Waals surface area contributed by atoms with Crippen LogP contribution in [0.25, 0.3) is 0 Å². The van der Waals surface area contributed by atoms with E-state index in [1.165, 1.54) is 0 Å². The van der Waals surface area contributed by atoms with Gasteiger partial charge >= 0.3 is 0 Å². The number of methoxy groups -OCH3 is 1. The molecule has 1 heterocycles. The third-order valence-corrected chi connectivity index (χ3v) is 4.56. The quantitative estimate of drug-likeness (QED) is 0.712. The zero-order chi connectivity index (χ0) is 10.6. The third kappa shape index (κ3) is 3.55. The van der Waals surface area contributed by atoms with Gasteiger partial charge in [0.2, 0.25) is 0 Å². The first-order chi connectivity index (χ1) is 6.57. The van der Waals surface area contributed by atoms with Gasteiger partial charge in [0, 0.05) is 13.2 Å². The third-order valence-electron chi connectivity index (χ3n) is 2.72. The van der Waals surface area contributed by atoms with Crippen molar-refractivity contribution in [1.29, 1.82) is 0 Å². The van der Waals surface area contributed by atoms with E-state index in [-0.39, 0.29) is 6.04 Å². The average molecular weight is 221 g/mol. The van der Waals surface area contributed by atoms with Gasteiger partial charge in [-0.15, -0.1) is 0 Å². The van der Waals surface area contributed by atoms with Crippen LogP contribution >= 0.6 is 0 Å². The summed E-state index contributed by atoms with van der Waals surface area (Å²) in [7, 11) is 0.812. The Labute approximate surface area is 85.9 Å². The Morgan fingerprint density at radius 2 is 2.29 bits per heavy atom. The minimum atomic E-state index is -2.73. The summed E-state index contributed by atoms with van der Waals surface area (Å²) in [5.41, 5.74) is 0. The first-order valence-electron chi connectivity index (χ1n) is 4.94. The maximum atomic E-state index is 11.2. The maximum Gasteiger partial charge on any atom is 0.150 e. The molecular formula is C9H19NO3S. The molecule has 0 saturated carbocycles. The molecule has 0 aromatic carbocycles. The zero-order valence-corrected chi connectivity index (χ0v) is 9.64. The molecule has 2 unspecified atom stereocenters. The maximum absolute atomic E-state index is 11.2. The average Bonchev–Trinajstić information content (AvgIpc) is 2.45. The molecule has 0 aromatic heterocycles. The van der Waals surface area contributed by atoms with Gasteiger partial charge in [0.1, 0.15) is 0 Å². The normalized spacial score (nSPS) is 27.7. The van der Waals surface area contributed by atoms with Crippen molar-refractivity contribution in [3.63, 3.8) is 0 Å². The summed E-state index contributed by atoms with van der Waals surface area (Å²) in [4.78, 5) is 0. The van der Waals surface area contributed by atoms with E-state index in [9.17, 15) is 8.42 Å².